The van der Waals surface area contributed by atoms with Crippen molar-refractivity contribution in [3.63, 3.8) is 0 Å². The second-order valence-corrected chi connectivity index (χ2v) is 9.12. The van der Waals surface area contributed by atoms with E-state index in [2.05, 4.69) is 10.3 Å². The molecule has 2 aromatic heterocycles. The number of nitrogens with one attached hydrogen (secondary N) is 1. The average molecular weight is 381 g/mol. The van der Waals surface area contributed by atoms with Crippen molar-refractivity contribution >= 4 is 32.4 Å². The molecule has 1 amide bonds. The number of sulfonamides is 1. The molecule has 2 fully saturated rings. The predicted molar refractivity (Wildman–Crippen MR) is 93.4 cm³/mol. The number of anilines is 1. The summed E-state index contributed by atoms with van der Waals surface area (Å²) in [6, 6.07) is 2.73. The molecule has 0 bridgehead atoms. The van der Waals surface area contributed by atoms with Crippen LogP contribution >= 0.6 is 11.3 Å². The van der Waals surface area contributed by atoms with Crippen molar-refractivity contribution in [3.05, 3.63) is 29.0 Å². The molecule has 0 aromatic carbocycles. The maximum absolute atomic E-state index is 12.6. The minimum atomic E-state index is -3.67. The van der Waals surface area contributed by atoms with Crippen molar-refractivity contribution in [2.75, 3.05) is 18.4 Å². The molecule has 134 valence electrons. The number of hydrogen-bond acceptors (Lipinski definition) is 6. The van der Waals surface area contributed by atoms with E-state index in [0.717, 1.165) is 37.8 Å². The van der Waals surface area contributed by atoms with E-state index >= 15 is 0 Å². The molecule has 1 N–H and O–H groups in total. The standard InChI is InChI=1S/C16H19N3O4S2/c20-15(18-16-17-12(10-24-16)11-4-5-11)13-6-7-14(23-13)25(21,22)19-8-2-1-3-9-19/h6-7,10-11H,1-5,8-9H2,(H,17,18,20). The zero-order chi connectivity index (χ0) is 17.4. The zero-order valence-corrected chi connectivity index (χ0v) is 15.2. The molecule has 1 aliphatic heterocycles. The minimum absolute atomic E-state index is 0.0289. The van der Waals surface area contributed by atoms with Crippen LogP contribution in [0.25, 0.3) is 0 Å². The zero-order valence-electron chi connectivity index (χ0n) is 13.6. The van der Waals surface area contributed by atoms with Crippen LogP contribution in [0.3, 0.4) is 0 Å². The molecule has 9 heteroatoms. The van der Waals surface area contributed by atoms with Gasteiger partial charge < -0.3 is 4.42 Å². The first kappa shape index (κ1) is 16.7. The monoisotopic (exact) mass is 381 g/mol. The van der Waals surface area contributed by atoms with Crippen molar-refractivity contribution < 1.29 is 17.6 Å². The average Bonchev–Trinajstić information content (AvgIpc) is 3.15. The SMILES string of the molecule is O=C(Nc1nc(C2CC2)cs1)c1ccc(S(=O)(=O)N2CCCCC2)o1. The summed E-state index contributed by atoms with van der Waals surface area (Å²) in [5.74, 6) is 0.00218. The van der Waals surface area contributed by atoms with E-state index in [0.29, 0.717) is 24.1 Å². The molecule has 3 heterocycles. The van der Waals surface area contributed by atoms with Gasteiger partial charge in [-0.05, 0) is 37.8 Å². The number of piperidine rings is 1. The number of hydrogen-bond donors (Lipinski definition) is 1. The second kappa shape index (κ2) is 6.54. The Morgan fingerprint density at radius 3 is 2.72 bits per heavy atom. The van der Waals surface area contributed by atoms with Gasteiger partial charge in [0.05, 0.1) is 5.69 Å². The summed E-state index contributed by atoms with van der Waals surface area (Å²) >= 11 is 1.36. The highest BCUT2D eigenvalue weighted by Gasteiger charge is 2.30. The van der Waals surface area contributed by atoms with Crippen LogP contribution in [0.1, 0.15) is 54.3 Å². The highest BCUT2D eigenvalue weighted by molar-refractivity contribution is 7.89. The van der Waals surface area contributed by atoms with Crippen LogP contribution in [0.4, 0.5) is 5.13 Å². The van der Waals surface area contributed by atoms with Gasteiger partial charge in [-0.1, -0.05) is 6.42 Å². The van der Waals surface area contributed by atoms with Gasteiger partial charge in [0.15, 0.2) is 10.9 Å². The molecule has 1 aliphatic carbocycles. The highest BCUT2D eigenvalue weighted by Crippen LogP contribution is 2.40. The van der Waals surface area contributed by atoms with E-state index < -0.39 is 15.9 Å². The van der Waals surface area contributed by atoms with Crippen molar-refractivity contribution in [1.82, 2.24) is 9.29 Å². The second-order valence-electron chi connectivity index (χ2n) is 6.39. The number of carbonyl (C=O) groups excluding carboxylic acids is 1. The van der Waals surface area contributed by atoms with Gasteiger partial charge in [-0.15, -0.1) is 11.3 Å². The van der Waals surface area contributed by atoms with Crippen molar-refractivity contribution in [3.8, 4) is 0 Å². The third-order valence-corrected chi connectivity index (χ3v) is 7.00. The van der Waals surface area contributed by atoms with Crippen LogP contribution < -0.4 is 5.32 Å². The first-order chi connectivity index (χ1) is 12.0. The van der Waals surface area contributed by atoms with Crippen LogP contribution in [0, 0.1) is 0 Å². The van der Waals surface area contributed by atoms with Crippen LogP contribution in [0.15, 0.2) is 27.0 Å². The summed E-state index contributed by atoms with van der Waals surface area (Å²) in [5.41, 5.74) is 1.01. The van der Waals surface area contributed by atoms with Gasteiger partial charge in [-0.25, -0.2) is 13.4 Å². The van der Waals surface area contributed by atoms with Gasteiger partial charge in [0.25, 0.3) is 15.9 Å². The molecular weight excluding hydrogens is 362 g/mol. The lowest BCUT2D eigenvalue weighted by Crippen LogP contribution is -2.35. The summed E-state index contributed by atoms with van der Waals surface area (Å²) in [6.07, 6.45) is 5.02. The smallest absolute Gasteiger partial charge is 0.293 e. The third-order valence-electron chi connectivity index (χ3n) is 4.45. The van der Waals surface area contributed by atoms with Gasteiger partial charge in [0, 0.05) is 24.4 Å². The summed E-state index contributed by atoms with van der Waals surface area (Å²) in [5, 5.41) is 4.94. The Morgan fingerprint density at radius 2 is 2.00 bits per heavy atom. The van der Waals surface area contributed by atoms with Crippen LogP contribution in [0.5, 0.6) is 0 Å². The van der Waals surface area contributed by atoms with Gasteiger partial charge >= 0.3 is 0 Å². The molecule has 7 nitrogen and oxygen atoms in total. The molecule has 1 saturated heterocycles. The molecule has 0 unspecified atom stereocenters. The Balaban J connectivity index is 1.46. The van der Waals surface area contributed by atoms with Gasteiger partial charge in [0.2, 0.25) is 5.09 Å². The Labute approximate surface area is 150 Å². The topological polar surface area (TPSA) is 92.5 Å². The van der Waals surface area contributed by atoms with Gasteiger partial charge in [-0.3, -0.25) is 10.1 Å². The third kappa shape index (κ3) is 3.49. The number of aromatic nitrogens is 1. The molecule has 25 heavy (non-hydrogen) atoms. The van der Waals surface area contributed by atoms with Crippen LogP contribution in [-0.4, -0.2) is 36.7 Å². The van der Waals surface area contributed by atoms with Gasteiger partial charge in [0.1, 0.15) is 0 Å². The normalized spacial score (nSPS) is 19.0. The molecular formula is C16H19N3O4S2. The van der Waals surface area contributed by atoms with Crippen LogP contribution in [-0.2, 0) is 10.0 Å². The van der Waals surface area contributed by atoms with E-state index in [1.807, 2.05) is 5.38 Å². The van der Waals surface area contributed by atoms with E-state index in [-0.39, 0.29) is 10.9 Å². The maximum atomic E-state index is 12.6. The molecule has 0 spiro atoms. The molecule has 0 atom stereocenters. The fraction of sp³-hybridized carbons (Fsp3) is 0.500. The molecule has 0 radical (unpaired) electrons. The molecule has 2 aromatic rings. The van der Waals surface area contributed by atoms with Crippen molar-refractivity contribution in [2.24, 2.45) is 0 Å². The molecule has 4 rings (SSSR count). The number of rotatable bonds is 5. The summed E-state index contributed by atoms with van der Waals surface area (Å²) in [4.78, 5) is 16.7. The highest BCUT2D eigenvalue weighted by atomic mass is 32.2. The maximum Gasteiger partial charge on any atom is 0.293 e. The van der Waals surface area contributed by atoms with Crippen molar-refractivity contribution in [2.45, 2.75) is 43.1 Å². The summed E-state index contributed by atoms with van der Waals surface area (Å²) in [7, 11) is -3.67. The van der Waals surface area contributed by atoms with E-state index in [1.165, 1.54) is 27.8 Å². The Morgan fingerprint density at radius 1 is 1.24 bits per heavy atom. The largest absolute Gasteiger partial charge is 0.438 e. The van der Waals surface area contributed by atoms with E-state index in [9.17, 15) is 13.2 Å². The number of carbonyl (C=O) groups is 1. The lowest BCUT2D eigenvalue weighted by Gasteiger charge is -2.24. The fourth-order valence-corrected chi connectivity index (χ4v) is 5.10. The number of nitrogens with zero attached hydrogens (tertiary/aromatic N) is 2. The number of thiazole rings is 1. The number of amides is 1. The Bertz CT molecular complexity index is 877. The summed E-state index contributed by atoms with van der Waals surface area (Å²) < 4.78 is 31.9. The lowest BCUT2D eigenvalue weighted by molar-refractivity contribution is 0.0991. The number of furan rings is 1. The summed E-state index contributed by atoms with van der Waals surface area (Å²) in [6.45, 7) is 0.987. The quantitative estimate of drug-likeness (QED) is 0.859. The molecule has 2 aliphatic rings. The predicted octanol–water partition coefficient (Wildman–Crippen LogP) is 3.04. The Kier molecular flexibility index (Phi) is 4.38. The lowest BCUT2D eigenvalue weighted by atomic mass is 10.2. The molecule has 1 saturated carbocycles. The van der Waals surface area contributed by atoms with Gasteiger partial charge in [-0.2, -0.15) is 4.31 Å². The minimum Gasteiger partial charge on any atom is -0.438 e. The van der Waals surface area contributed by atoms with E-state index in [1.54, 1.807) is 0 Å². The fourth-order valence-electron chi connectivity index (χ4n) is 2.88. The first-order valence-corrected chi connectivity index (χ1v) is 10.7. The van der Waals surface area contributed by atoms with Crippen molar-refractivity contribution in [1.29, 1.82) is 0 Å². The first-order valence-electron chi connectivity index (χ1n) is 8.41. The van der Waals surface area contributed by atoms with Crippen LogP contribution in [0.2, 0.25) is 0 Å². The van der Waals surface area contributed by atoms with E-state index in [4.69, 9.17) is 4.42 Å². The Hall–Kier alpha value is -1.71.